The fourth-order valence-electron chi connectivity index (χ4n) is 15.8. The number of aliphatic hydroxyl groups is 1. The molecule has 1 aliphatic heterocycles. The quantitative estimate of drug-likeness (QED) is 0.0179. The van der Waals surface area contributed by atoms with Gasteiger partial charge in [-0.15, -0.1) is 0 Å². The minimum atomic E-state index is -5.39. The summed E-state index contributed by atoms with van der Waals surface area (Å²) in [5.41, 5.74) is 6.77. The van der Waals surface area contributed by atoms with Crippen LogP contribution in [-0.2, 0) is 99.8 Å². The zero-order valence-electron chi connectivity index (χ0n) is 74.9. The maximum Gasteiger partial charge on any atom is 0.511 e. The molecule has 0 unspecified atom stereocenters. The second-order valence-electron chi connectivity index (χ2n) is 34.9. The number of fused-ring (bicyclic) bond motifs is 1. The van der Waals surface area contributed by atoms with E-state index < -0.39 is 72.6 Å². The van der Waals surface area contributed by atoms with Crippen LogP contribution in [0.15, 0.2) is 202 Å². The van der Waals surface area contributed by atoms with Crippen LogP contribution in [0, 0.1) is 28.8 Å². The lowest BCUT2D eigenvalue weighted by Gasteiger charge is -2.40. The fourth-order valence-corrected chi connectivity index (χ4v) is 17.1. The van der Waals surface area contributed by atoms with E-state index in [0.29, 0.717) is 77.1 Å². The van der Waals surface area contributed by atoms with Crippen LogP contribution in [0.2, 0.25) is 0 Å². The number of hydrogen-bond donors (Lipinski definition) is 7. The van der Waals surface area contributed by atoms with Gasteiger partial charge in [-0.2, -0.15) is 44.6 Å². The Labute approximate surface area is 782 Å². The molecule has 0 atom stereocenters. The van der Waals surface area contributed by atoms with Crippen LogP contribution in [0.1, 0.15) is 134 Å². The summed E-state index contributed by atoms with van der Waals surface area (Å²) in [6.45, 7) is 5.87. The Morgan fingerprint density at radius 3 is 1.42 bits per heavy atom. The molecule has 8 N–H and O–H groups in total. The van der Waals surface area contributed by atoms with Crippen molar-refractivity contribution >= 4 is 83.4 Å². The van der Waals surface area contributed by atoms with Crippen molar-refractivity contribution in [2.75, 3.05) is 79.9 Å². The summed E-state index contributed by atoms with van der Waals surface area (Å²) in [6, 6.07) is 42.7. The van der Waals surface area contributed by atoms with E-state index in [-0.39, 0.29) is 114 Å². The molecule has 4 aliphatic carbocycles. The number of aromatic nitrogens is 11. The number of rotatable bonds is 36. The summed E-state index contributed by atoms with van der Waals surface area (Å²) in [5.74, 6) is -6.63. The van der Waals surface area contributed by atoms with E-state index in [1.165, 1.54) is 61.7 Å². The van der Waals surface area contributed by atoms with Crippen molar-refractivity contribution in [3.05, 3.63) is 275 Å². The highest BCUT2D eigenvalue weighted by atomic mass is 32.2. The Hall–Kier alpha value is -12.9. The maximum absolute atomic E-state index is 15.4. The number of carbonyl (C=O) groups is 1. The van der Waals surface area contributed by atoms with E-state index in [1.807, 2.05) is 82.5 Å². The normalized spacial score (nSPS) is 16.0. The third-order valence-electron chi connectivity index (χ3n) is 23.6. The molecule has 137 heavy (non-hydrogen) atoms. The van der Waals surface area contributed by atoms with E-state index in [9.17, 15) is 70.6 Å². The lowest BCUT2D eigenvalue weighted by atomic mass is 9.86. The molecule has 0 bridgehead atoms. The van der Waals surface area contributed by atoms with Gasteiger partial charge in [0, 0.05) is 133 Å². The van der Waals surface area contributed by atoms with E-state index >= 15 is 13.2 Å². The first kappa shape index (κ1) is 100. The van der Waals surface area contributed by atoms with Gasteiger partial charge in [0.2, 0.25) is 33.4 Å². The Bertz CT molecular complexity index is 6300. The number of anilines is 8. The Kier molecular flexibility index (Phi) is 31.3. The number of sulfonamides is 2. The second-order valence-corrected chi connectivity index (χ2v) is 38.4. The summed E-state index contributed by atoms with van der Waals surface area (Å²) in [7, 11) is -6.97. The summed E-state index contributed by atoms with van der Waals surface area (Å²) in [6.07, 6.45) is 14.8. The van der Waals surface area contributed by atoms with E-state index in [2.05, 4.69) is 70.5 Å². The van der Waals surface area contributed by atoms with Crippen LogP contribution in [0.25, 0.3) is 16.7 Å². The van der Waals surface area contributed by atoms with Crippen molar-refractivity contribution in [2.45, 2.75) is 178 Å². The average Bonchev–Trinajstić information content (AvgIpc) is 1.62. The van der Waals surface area contributed by atoms with Crippen molar-refractivity contribution in [1.82, 2.24) is 58.9 Å². The zero-order chi connectivity index (χ0) is 97.8. The first-order valence-corrected chi connectivity index (χ1v) is 47.4. The number of alkyl halides is 10. The largest absolute Gasteiger partial charge is 0.511 e. The van der Waals surface area contributed by atoms with E-state index in [0.717, 1.165) is 132 Å². The van der Waals surface area contributed by atoms with Crippen LogP contribution < -0.4 is 50.7 Å². The number of carbonyl (C=O) groups excluding carboxylic acids is 1. The van der Waals surface area contributed by atoms with Crippen molar-refractivity contribution in [3.8, 4) is 5.69 Å². The van der Waals surface area contributed by atoms with Gasteiger partial charge in [0.25, 0.3) is 11.8 Å². The third-order valence-corrected chi connectivity index (χ3v) is 25.5. The molecular weight excluding hydrogens is 1850 g/mol. The summed E-state index contributed by atoms with van der Waals surface area (Å²) >= 11 is 0. The predicted molar refractivity (Wildman–Crippen MR) is 492 cm³/mol. The third kappa shape index (κ3) is 27.1. The first-order valence-electron chi connectivity index (χ1n) is 44.1. The molecular formula is C94H102F13N21O7S2. The van der Waals surface area contributed by atoms with Crippen LogP contribution in [0.3, 0.4) is 0 Å². The van der Waals surface area contributed by atoms with Crippen LogP contribution >= 0.6 is 0 Å². The Morgan fingerprint density at radius 1 is 0.518 bits per heavy atom. The minimum absolute atomic E-state index is 0.00537. The molecule has 12 aromatic rings. The molecule has 7 heterocycles. The molecule has 28 nitrogen and oxygen atoms in total. The minimum Gasteiger partial charge on any atom is -0.396 e. The number of halogens is 13. The molecule has 4 saturated carbocycles. The Balaban J connectivity index is 0.000000146. The van der Waals surface area contributed by atoms with Crippen molar-refractivity contribution in [1.29, 1.82) is 0 Å². The highest BCUT2D eigenvalue weighted by Gasteiger charge is 2.48. The van der Waals surface area contributed by atoms with Crippen molar-refractivity contribution in [3.63, 3.8) is 0 Å². The molecule has 5 fully saturated rings. The average molecular weight is 1950 g/mol. The molecule has 17 rings (SSSR count). The topological polar surface area (TPSA) is 340 Å². The van der Waals surface area contributed by atoms with Gasteiger partial charge >= 0.3 is 21.7 Å². The smallest absolute Gasteiger partial charge is 0.396 e. The lowest BCUT2D eigenvalue weighted by molar-refractivity contribution is -0.144. The number of ether oxygens (including phenoxy) is 1. The molecule has 6 aromatic carbocycles. The molecule has 0 spiro atoms. The van der Waals surface area contributed by atoms with Gasteiger partial charge in [0.1, 0.15) is 36.8 Å². The highest BCUT2D eigenvalue weighted by Crippen LogP contribution is 2.42. The zero-order valence-corrected chi connectivity index (χ0v) is 76.5. The van der Waals surface area contributed by atoms with E-state index in [1.54, 1.807) is 81.0 Å². The fraction of sp³-hybridized carbons (Fsp3) is 0.383. The molecule has 6 aromatic heterocycles. The standard InChI is InChI=1S/C24H29F6N5O2S.C24H26F3N5O2S.C24H24FN7O.C22H23F3N4O2/c1-23(26,27)17-6-2-16(3-7-17)13-35(19-10-11-19)22-20(25)21(32-14-33-22)31-12-15-4-8-18(9-5-15)34-38(36,37)24(28,29)30;1-24(26,27)18-7-3-17(4-8-18)14-32(20-11-12-20)23-21(25)22(29-15-30-23)28-13-16-5-9-19(10-6-16)31-35(2,33)34;1-31(15-19-4-2-5-20(12-19)32-11-3-10-30-32)24-22(25)23(28-16-29-24)27-14-18-8-6-17(7-9-18)13-21(26)33;23-22(24,25)16-3-1-15(2-4-16)9-29(17-5-6-17)20-18-7-8-28(19(18)26-14-27-20)10-21(11-30)12-31-13-21/h2-3,6-7,14-15,18-19,34H,4-5,8-13H2,1H3,(H,31,32,33);3-10,15,20,31H,11-14H2,1-2H3,(H,28,29,30);2-12,16H,13-15H2,1H3,(H2,26,33)(H,27,28,29);1-4,7-8,14,17,30H,5-6,9-13H2. The lowest BCUT2D eigenvalue weighted by Crippen LogP contribution is -2.48. The SMILES string of the molecule is CC(F)(F)c1ccc(CN(c2ncnc(NCC3CCC(NS(=O)(=O)C(F)(F)F)CC3)c2F)C2CC2)cc1.CC(F)(F)c1ccc(CN(c2ncnc(NCc3ccc(NS(C)(=O)=O)cc3)c2F)C2CC2)cc1.CN(Cc1cccc(-n2cccn2)c1)c1ncnc(NCc2ccc(CC(N)=O)cc2)c1F.OCC1(Cn2ccc3c(N(Cc4ccc(C(F)(F)F)cc4)C4CC4)ncnc32)COC1. The molecule has 0 radical (unpaired) electrons. The van der Waals surface area contributed by atoms with E-state index in [4.69, 9.17) is 10.5 Å². The number of nitrogens with one attached hydrogen (secondary N) is 5. The molecule has 1 saturated heterocycles. The van der Waals surface area contributed by atoms with Crippen molar-refractivity contribution in [2.24, 2.45) is 17.1 Å². The Morgan fingerprint density at radius 2 is 0.971 bits per heavy atom. The van der Waals surface area contributed by atoms with Gasteiger partial charge in [0.15, 0.2) is 34.9 Å². The number of nitrogens with two attached hydrogens (primary N) is 1. The summed E-state index contributed by atoms with van der Waals surface area (Å²) in [4.78, 5) is 52.1. The number of nitrogens with zero attached hydrogens (tertiary/aromatic N) is 15. The molecule has 728 valence electrons. The molecule has 1 amide bonds. The number of benzene rings is 6. The monoisotopic (exact) mass is 1950 g/mol. The highest BCUT2D eigenvalue weighted by molar-refractivity contribution is 7.92. The second kappa shape index (κ2) is 42.8. The maximum atomic E-state index is 15.4. The van der Waals surface area contributed by atoms with Gasteiger partial charge in [-0.1, -0.05) is 109 Å². The molecule has 43 heteroatoms. The summed E-state index contributed by atoms with van der Waals surface area (Å²) in [5, 5.41) is 23.8. The van der Waals surface area contributed by atoms with Gasteiger partial charge in [-0.25, -0.2) is 83.7 Å². The summed E-state index contributed by atoms with van der Waals surface area (Å²) < 4.78 is 235. The van der Waals surface area contributed by atoms with Crippen LogP contribution in [0.4, 0.5) is 103 Å². The number of hydrogen-bond acceptors (Lipinski definition) is 23. The van der Waals surface area contributed by atoms with Crippen LogP contribution in [0.5, 0.6) is 0 Å². The van der Waals surface area contributed by atoms with Gasteiger partial charge in [-0.05, 0) is 158 Å². The van der Waals surface area contributed by atoms with Crippen LogP contribution in [-0.4, -0.2) is 151 Å². The number of primary amides is 1. The number of aliphatic hydroxyl groups excluding tert-OH is 1. The predicted octanol–water partition coefficient (Wildman–Crippen LogP) is 16.9. The van der Waals surface area contributed by atoms with Gasteiger partial charge < -0.3 is 55.7 Å². The van der Waals surface area contributed by atoms with Gasteiger partial charge in [-0.3, -0.25) is 9.52 Å². The van der Waals surface area contributed by atoms with Crippen molar-refractivity contribution < 1.29 is 88.5 Å². The van der Waals surface area contributed by atoms with Gasteiger partial charge in [0.05, 0.1) is 54.5 Å². The number of amides is 1. The first-order chi connectivity index (χ1) is 65.1. The molecule has 5 aliphatic rings.